The van der Waals surface area contributed by atoms with Gasteiger partial charge in [-0.25, -0.2) is 9.67 Å². The van der Waals surface area contributed by atoms with Crippen LogP contribution in [0.1, 0.15) is 84.9 Å². The molecule has 6 aromatic rings. The van der Waals surface area contributed by atoms with Crippen molar-refractivity contribution >= 4 is 33.5 Å². The molecule has 1 unspecified atom stereocenters. The lowest BCUT2D eigenvalue weighted by Crippen LogP contribution is -2.43. The number of β-amino-alcohol motifs (C(OH)–C–C–N with tert-alkyl or cyclic N) is 1. The van der Waals surface area contributed by atoms with Gasteiger partial charge in [0, 0.05) is 72.7 Å². The van der Waals surface area contributed by atoms with Crippen LogP contribution in [0.5, 0.6) is 5.75 Å². The van der Waals surface area contributed by atoms with Crippen LogP contribution in [0.3, 0.4) is 0 Å². The molecule has 1 atom stereocenters. The zero-order valence-corrected chi connectivity index (χ0v) is 33.2. The number of hydrogen-bond acceptors (Lipinski definition) is 9. The van der Waals surface area contributed by atoms with Crippen LogP contribution in [0.25, 0.3) is 21.9 Å². The lowest BCUT2D eigenvalue weighted by molar-refractivity contribution is 0.0904. The van der Waals surface area contributed by atoms with Crippen LogP contribution in [0.15, 0.2) is 89.9 Å². The summed E-state index contributed by atoms with van der Waals surface area (Å²) < 4.78 is 13.6. The smallest absolute Gasteiger partial charge is 0.251 e. The molecule has 0 saturated carbocycles. The molecule has 12 nitrogen and oxygen atoms in total. The fourth-order valence-electron chi connectivity index (χ4n) is 7.64. The highest BCUT2D eigenvalue weighted by Crippen LogP contribution is 2.32. The van der Waals surface area contributed by atoms with Gasteiger partial charge in [0.15, 0.2) is 5.65 Å². The second-order valence-corrected chi connectivity index (χ2v) is 15.4. The SMILES string of the molecule is CCc1nc2c(cnn2CC)c(NC2CCOCC2)c1CNC(=O)c1cccc(CC(C)(C)NCC(O)c2ccc(OCc3ccccc3)c3[nH]c(=O)ccc23)c1. The maximum Gasteiger partial charge on any atom is 0.251 e. The van der Waals surface area contributed by atoms with Gasteiger partial charge in [-0.2, -0.15) is 5.10 Å². The second kappa shape index (κ2) is 17.7. The minimum absolute atomic E-state index is 0.164. The van der Waals surface area contributed by atoms with Crippen LogP contribution in [0, 0.1) is 0 Å². The van der Waals surface area contributed by atoms with E-state index in [0.717, 1.165) is 83.5 Å². The summed E-state index contributed by atoms with van der Waals surface area (Å²) >= 11 is 0. The molecular formula is C45H53N7O5. The number of aliphatic hydroxyl groups excluding tert-OH is 1. The number of fused-ring (bicyclic) bond motifs is 2. The summed E-state index contributed by atoms with van der Waals surface area (Å²) in [5, 5.41) is 28.2. The van der Waals surface area contributed by atoms with Gasteiger partial charge in [0.2, 0.25) is 5.56 Å². The molecular weight excluding hydrogens is 719 g/mol. The van der Waals surface area contributed by atoms with Gasteiger partial charge in [-0.05, 0) is 87.4 Å². The van der Waals surface area contributed by atoms with Crippen molar-refractivity contribution in [3.63, 3.8) is 0 Å². The number of hydrogen-bond donors (Lipinski definition) is 5. The van der Waals surface area contributed by atoms with E-state index in [1.54, 1.807) is 12.1 Å². The Morgan fingerprint density at radius 3 is 2.58 bits per heavy atom. The lowest BCUT2D eigenvalue weighted by Gasteiger charge is -2.28. The Bertz CT molecular complexity index is 2380. The number of carbonyl (C=O) groups excluding carboxylic acids is 1. The molecule has 0 aliphatic carbocycles. The van der Waals surface area contributed by atoms with Crippen LogP contribution in [-0.4, -0.2) is 62.1 Å². The molecule has 0 bridgehead atoms. The number of rotatable bonds is 16. The van der Waals surface area contributed by atoms with E-state index in [1.807, 2.05) is 71.5 Å². The maximum atomic E-state index is 13.7. The van der Waals surface area contributed by atoms with Gasteiger partial charge in [-0.1, -0.05) is 55.5 Å². The van der Waals surface area contributed by atoms with Gasteiger partial charge < -0.3 is 35.5 Å². The Kier molecular flexibility index (Phi) is 12.3. The van der Waals surface area contributed by atoms with E-state index in [4.69, 9.17) is 14.5 Å². The highest BCUT2D eigenvalue weighted by atomic mass is 16.5. The fraction of sp³-hybridized carbons (Fsp3) is 0.378. The van der Waals surface area contributed by atoms with E-state index in [2.05, 4.69) is 53.7 Å². The summed E-state index contributed by atoms with van der Waals surface area (Å²) in [5.74, 6) is 0.377. The standard InChI is InChI=1S/C45H53N7O5/c1-5-37-35(41(49-32-19-21-56-22-20-32)36-26-48-52(6-2)43(36)50-37)25-46-44(55)31-14-10-13-30(23-31)24-45(3,4)47-27-38(53)33-15-17-39(42-34(33)16-18-40(54)51-42)57-28-29-11-8-7-9-12-29/h7-18,23,26,32,38,47,53H,5-6,19-22,24-25,27-28H2,1-4H3,(H,46,55)(H,49,50)(H,51,54). The monoisotopic (exact) mass is 771 g/mol. The number of nitrogens with one attached hydrogen (secondary N) is 4. The maximum absolute atomic E-state index is 13.7. The minimum atomic E-state index is -0.859. The van der Waals surface area contributed by atoms with Crippen LogP contribution < -0.4 is 26.2 Å². The number of carbonyl (C=O) groups is 1. The quantitative estimate of drug-likeness (QED) is 0.0732. The molecule has 3 aromatic carbocycles. The van der Waals surface area contributed by atoms with Crippen molar-refractivity contribution in [1.29, 1.82) is 0 Å². The Balaban J connectivity index is 1.02. The molecule has 1 aliphatic rings. The molecule has 1 aliphatic heterocycles. The number of anilines is 1. The number of ether oxygens (including phenoxy) is 2. The Morgan fingerprint density at radius 1 is 1.02 bits per heavy atom. The molecule has 57 heavy (non-hydrogen) atoms. The third-order valence-electron chi connectivity index (χ3n) is 10.7. The van der Waals surface area contributed by atoms with Crippen molar-refractivity contribution in [3.05, 3.63) is 129 Å². The highest BCUT2D eigenvalue weighted by Gasteiger charge is 2.24. The number of H-pyrrole nitrogens is 1. The molecule has 0 spiro atoms. The number of pyridine rings is 2. The number of amides is 1. The van der Waals surface area contributed by atoms with Crippen molar-refractivity contribution < 1.29 is 19.4 Å². The second-order valence-electron chi connectivity index (χ2n) is 15.4. The first kappa shape index (κ1) is 39.7. The first-order valence-corrected chi connectivity index (χ1v) is 20.0. The summed E-state index contributed by atoms with van der Waals surface area (Å²) in [6.45, 7) is 11.4. The molecule has 1 amide bonds. The average Bonchev–Trinajstić information content (AvgIpc) is 3.65. The molecule has 298 valence electrons. The van der Waals surface area contributed by atoms with Crippen molar-refractivity contribution in [2.75, 3.05) is 25.1 Å². The molecule has 3 aromatic heterocycles. The van der Waals surface area contributed by atoms with E-state index in [9.17, 15) is 14.7 Å². The third kappa shape index (κ3) is 9.36. The highest BCUT2D eigenvalue weighted by molar-refractivity contribution is 5.95. The van der Waals surface area contributed by atoms with Crippen LogP contribution >= 0.6 is 0 Å². The van der Waals surface area contributed by atoms with E-state index in [-0.39, 0.29) is 24.1 Å². The normalized spacial score (nSPS) is 14.2. The van der Waals surface area contributed by atoms with Crippen molar-refractivity contribution in [2.24, 2.45) is 0 Å². The van der Waals surface area contributed by atoms with Crippen molar-refractivity contribution in [3.8, 4) is 5.75 Å². The predicted molar refractivity (Wildman–Crippen MR) is 224 cm³/mol. The predicted octanol–water partition coefficient (Wildman–Crippen LogP) is 6.60. The van der Waals surface area contributed by atoms with Crippen molar-refractivity contribution in [1.82, 2.24) is 30.4 Å². The zero-order chi connectivity index (χ0) is 39.9. The summed E-state index contributed by atoms with van der Waals surface area (Å²) in [4.78, 5) is 34.0. The van der Waals surface area contributed by atoms with Gasteiger partial charge in [0.05, 0.1) is 28.9 Å². The first-order chi connectivity index (χ1) is 27.6. The molecule has 4 heterocycles. The summed E-state index contributed by atoms with van der Waals surface area (Å²) in [6.07, 6.45) is 4.17. The summed E-state index contributed by atoms with van der Waals surface area (Å²) in [7, 11) is 0. The van der Waals surface area contributed by atoms with E-state index >= 15 is 0 Å². The Labute approximate surface area is 333 Å². The molecule has 7 rings (SSSR count). The number of aryl methyl sites for hydroxylation is 2. The first-order valence-electron chi connectivity index (χ1n) is 20.0. The number of nitrogens with zero attached hydrogens (tertiary/aromatic N) is 3. The minimum Gasteiger partial charge on any atom is -0.487 e. The van der Waals surface area contributed by atoms with Gasteiger partial charge >= 0.3 is 0 Å². The lowest BCUT2D eigenvalue weighted by atomic mass is 9.93. The molecule has 5 N–H and O–H groups in total. The van der Waals surface area contributed by atoms with Gasteiger partial charge in [-0.15, -0.1) is 0 Å². The number of aromatic amines is 1. The Morgan fingerprint density at radius 2 is 1.81 bits per heavy atom. The van der Waals surface area contributed by atoms with Crippen LogP contribution in [-0.2, 0) is 37.3 Å². The van der Waals surface area contributed by atoms with Crippen molar-refractivity contribution in [2.45, 2.75) is 90.8 Å². The topological polar surface area (TPSA) is 155 Å². The number of benzene rings is 3. The fourth-order valence-corrected chi connectivity index (χ4v) is 7.64. The molecule has 0 radical (unpaired) electrons. The summed E-state index contributed by atoms with van der Waals surface area (Å²) in [5.41, 5.74) is 6.88. The zero-order valence-electron chi connectivity index (χ0n) is 33.2. The van der Waals surface area contributed by atoms with Gasteiger partial charge in [0.25, 0.3) is 5.91 Å². The third-order valence-corrected chi connectivity index (χ3v) is 10.7. The van der Waals surface area contributed by atoms with Crippen LogP contribution in [0.4, 0.5) is 5.69 Å². The molecule has 1 fully saturated rings. The van der Waals surface area contributed by atoms with E-state index in [1.165, 1.54) is 6.07 Å². The number of aromatic nitrogens is 4. The average molecular weight is 772 g/mol. The number of aliphatic hydroxyl groups is 1. The van der Waals surface area contributed by atoms with Gasteiger partial charge in [-0.3, -0.25) is 9.59 Å². The van der Waals surface area contributed by atoms with E-state index < -0.39 is 11.6 Å². The van der Waals surface area contributed by atoms with Gasteiger partial charge in [0.1, 0.15) is 12.4 Å². The summed E-state index contributed by atoms with van der Waals surface area (Å²) in [6, 6.07) is 24.6. The molecule has 12 heteroatoms. The van der Waals surface area contributed by atoms with E-state index in [0.29, 0.717) is 42.0 Å². The Hall–Kier alpha value is -5.56. The largest absolute Gasteiger partial charge is 0.487 e. The van der Waals surface area contributed by atoms with Crippen LogP contribution in [0.2, 0.25) is 0 Å². The molecule has 1 saturated heterocycles.